The zero-order valence-corrected chi connectivity index (χ0v) is 15.6. The van der Waals surface area contributed by atoms with Gasteiger partial charge in [0.15, 0.2) is 0 Å². The highest BCUT2D eigenvalue weighted by molar-refractivity contribution is 7.89. The van der Waals surface area contributed by atoms with Gasteiger partial charge in [-0.2, -0.15) is 0 Å². The van der Waals surface area contributed by atoms with Crippen LogP contribution in [0.1, 0.15) is 38.5 Å². The van der Waals surface area contributed by atoms with Gasteiger partial charge in [-0.1, -0.05) is 6.42 Å². The summed E-state index contributed by atoms with van der Waals surface area (Å²) in [5.41, 5.74) is 5.98. The maximum atomic E-state index is 13.0. The molecular weight excluding hydrogens is 357 g/mol. The van der Waals surface area contributed by atoms with Gasteiger partial charge in [0.05, 0.1) is 4.90 Å². The minimum atomic E-state index is -3.68. The predicted molar refractivity (Wildman–Crippen MR) is 96.3 cm³/mol. The topological polar surface area (TPSA) is 92.5 Å². The summed E-state index contributed by atoms with van der Waals surface area (Å²) in [6.07, 6.45) is 4.76. The fraction of sp³-hybridized carbons (Fsp3) is 0.611. The molecule has 1 aromatic rings. The molecule has 2 aliphatic rings. The molecular formula is C18H26FN3O3S. The minimum absolute atomic E-state index is 0.00575. The molecule has 0 spiro atoms. The third kappa shape index (κ3) is 4.61. The molecule has 1 amide bonds. The molecule has 2 fully saturated rings. The Bertz CT molecular complexity index is 731. The second-order valence-electron chi connectivity index (χ2n) is 7.30. The minimum Gasteiger partial charge on any atom is -0.342 e. The van der Waals surface area contributed by atoms with E-state index < -0.39 is 15.8 Å². The van der Waals surface area contributed by atoms with Crippen LogP contribution < -0.4 is 10.5 Å². The molecule has 144 valence electrons. The van der Waals surface area contributed by atoms with Gasteiger partial charge in [-0.05, 0) is 56.4 Å². The second kappa shape index (κ2) is 8.02. The number of nitrogens with two attached hydrogens (primary N) is 1. The fourth-order valence-electron chi connectivity index (χ4n) is 3.83. The number of nitrogens with one attached hydrogen (secondary N) is 1. The molecule has 0 aromatic heterocycles. The number of benzene rings is 1. The number of hydrogen-bond acceptors (Lipinski definition) is 4. The van der Waals surface area contributed by atoms with Crippen molar-refractivity contribution in [3.63, 3.8) is 0 Å². The van der Waals surface area contributed by atoms with E-state index in [1.807, 2.05) is 4.90 Å². The Morgan fingerprint density at radius 2 is 1.77 bits per heavy atom. The van der Waals surface area contributed by atoms with Crippen LogP contribution >= 0.6 is 0 Å². The maximum absolute atomic E-state index is 13.0. The summed E-state index contributed by atoms with van der Waals surface area (Å²) in [5.74, 6) is -0.315. The van der Waals surface area contributed by atoms with E-state index in [-0.39, 0.29) is 28.8 Å². The van der Waals surface area contributed by atoms with Crippen molar-refractivity contribution in [1.82, 2.24) is 9.62 Å². The highest BCUT2D eigenvalue weighted by Crippen LogP contribution is 2.26. The number of amides is 1. The van der Waals surface area contributed by atoms with Gasteiger partial charge in [-0.25, -0.2) is 17.5 Å². The van der Waals surface area contributed by atoms with Crippen LogP contribution in [-0.2, 0) is 14.8 Å². The Morgan fingerprint density at radius 1 is 1.12 bits per heavy atom. The first-order valence-electron chi connectivity index (χ1n) is 9.17. The number of nitrogens with zero attached hydrogens (tertiary/aromatic N) is 1. The molecule has 0 bridgehead atoms. The molecule has 1 saturated carbocycles. The third-order valence-corrected chi connectivity index (χ3v) is 6.85. The van der Waals surface area contributed by atoms with Crippen LogP contribution in [0.15, 0.2) is 29.2 Å². The van der Waals surface area contributed by atoms with Gasteiger partial charge in [-0.3, -0.25) is 4.79 Å². The molecule has 8 heteroatoms. The van der Waals surface area contributed by atoms with Crippen molar-refractivity contribution in [2.45, 2.75) is 55.5 Å². The average Bonchev–Trinajstić information content (AvgIpc) is 2.62. The number of piperidine rings is 1. The third-order valence-electron chi connectivity index (χ3n) is 5.32. The maximum Gasteiger partial charge on any atom is 0.240 e. The SMILES string of the molecule is NC1CCCC(C(=O)N2CCC(NS(=O)(=O)c3ccc(F)cc3)CC2)C1. The Hall–Kier alpha value is -1.51. The molecule has 3 N–H and O–H groups in total. The van der Waals surface area contributed by atoms with Crippen molar-refractivity contribution in [2.24, 2.45) is 11.7 Å². The van der Waals surface area contributed by atoms with Gasteiger partial charge in [0.2, 0.25) is 15.9 Å². The summed E-state index contributed by atoms with van der Waals surface area (Å²) >= 11 is 0. The lowest BCUT2D eigenvalue weighted by atomic mass is 9.85. The zero-order chi connectivity index (χ0) is 18.7. The number of rotatable bonds is 4. The molecule has 26 heavy (non-hydrogen) atoms. The Morgan fingerprint density at radius 3 is 2.38 bits per heavy atom. The summed E-state index contributed by atoms with van der Waals surface area (Å²) in [6, 6.07) is 4.65. The van der Waals surface area contributed by atoms with Crippen LogP contribution in [0.5, 0.6) is 0 Å². The molecule has 1 heterocycles. The first-order valence-corrected chi connectivity index (χ1v) is 10.7. The van der Waals surface area contributed by atoms with Crippen molar-refractivity contribution < 1.29 is 17.6 Å². The zero-order valence-electron chi connectivity index (χ0n) is 14.7. The van der Waals surface area contributed by atoms with Gasteiger partial charge in [0, 0.05) is 31.1 Å². The van der Waals surface area contributed by atoms with Crippen LogP contribution in [0.4, 0.5) is 4.39 Å². The summed E-state index contributed by atoms with van der Waals surface area (Å²) in [5, 5.41) is 0. The van der Waals surface area contributed by atoms with E-state index in [4.69, 9.17) is 5.73 Å². The number of halogens is 1. The average molecular weight is 383 g/mol. The van der Waals surface area contributed by atoms with Crippen LogP contribution in [-0.4, -0.2) is 44.4 Å². The first-order chi connectivity index (χ1) is 12.3. The number of carbonyl (C=O) groups excluding carboxylic acids is 1. The summed E-state index contributed by atoms with van der Waals surface area (Å²) in [6.45, 7) is 1.09. The lowest BCUT2D eigenvalue weighted by molar-refractivity contribution is -0.137. The largest absolute Gasteiger partial charge is 0.342 e. The predicted octanol–water partition coefficient (Wildman–Crippen LogP) is 1.61. The highest BCUT2D eigenvalue weighted by atomic mass is 32.2. The molecule has 2 atom stereocenters. The van der Waals surface area contributed by atoms with Crippen molar-refractivity contribution in [3.05, 3.63) is 30.1 Å². The fourth-order valence-corrected chi connectivity index (χ4v) is 5.13. The summed E-state index contributed by atoms with van der Waals surface area (Å²) in [4.78, 5) is 14.5. The molecule has 1 aliphatic heterocycles. The lowest BCUT2D eigenvalue weighted by Crippen LogP contribution is -2.49. The molecule has 0 radical (unpaired) electrons. The molecule has 2 unspecified atom stereocenters. The van der Waals surface area contributed by atoms with Gasteiger partial charge in [-0.15, -0.1) is 0 Å². The Labute approximate surface area is 154 Å². The van der Waals surface area contributed by atoms with Crippen molar-refractivity contribution in [1.29, 1.82) is 0 Å². The molecule has 1 saturated heterocycles. The van der Waals surface area contributed by atoms with Crippen molar-refractivity contribution in [3.8, 4) is 0 Å². The van der Waals surface area contributed by atoms with Gasteiger partial charge in [0.25, 0.3) is 0 Å². The number of likely N-dealkylation sites (tertiary alicyclic amines) is 1. The Balaban J connectivity index is 1.53. The number of sulfonamides is 1. The van der Waals surface area contributed by atoms with Gasteiger partial charge >= 0.3 is 0 Å². The van der Waals surface area contributed by atoms with E-state index in [0.717, 1.165) is 37.8 Å². The number of carbonyl (C=O) groups is 1. The van der Waals surface area contributed by atoms with Crippen LogP contribution in [0.3, 0.4) is 0 Å². The quantitative estimate of drug-likeness (QED) is 0.826. The van der Waals surface area contributed by atoms with Gasteiger partial charge < -0.3 is 10.6 Å². The van der Waals surface area contributed by atoms with Crippen molar-refractivity contribution in [2.75, 3.05) is 13.1 Å². The molecule has 1 aliphatic carbocycles. The van der Waals surface area contributed by atoms with Crippen LogP contribution in [0.2, 0.25) is 0 Å². The van der Waals surface area contributed by atoms with Gasteiger partial charge in [0.1, 0.15) is 5.82 Å². The summed E-state index contributed by atoms with van der Waals surface area (Å²) in [7, 11) is -3.68. The molecule has 3 rings (SSSR count). The lowest BCUT2D eigenvalue weighted by Gasteiger charge is -2.36. The summed E-state index contributed by atoms with van der Waals surface area (Å²) < 4.78 is 40.4. The van der Waals surface area contributed by atoms with E-state index in [1.165, 1.54) is 12.1 Å². The van der Waals surface area contributed by atoms with Crippen LogP contribution in [0.25, 0.3) is 0 Å². The normalized spacial score (nSPS) is 25.2. The van der Waals surface area contributed by atoms with E-state index in [0.29, 0.717) is 25.9 Å². The van der Waals surface area contributed by atoms with Crippen molar-refractivity contribution >= 4 is 15.9 Å². The van der Waals surface area contributed by atoms with E-state index in [1.54, 1.807) is 0 Å². The second-order valence-corrected chi connectivity index (χ2v) is 9.01. The molecule has 6 nitrogen and oxygen atoms in total. The number of hydrogen-bond donors (Lipinski definition) is 2. The van der Waals surface area contributed by atoms with E-state index >= 15 is 0 Å². The smallest absolute Gasteiger partial charge is 0.240 e. The standard InChI is InChI=1S/C18H26FN3O3S/c19-14-4-6-17(7-5-14)26(24,25)21-16-8-10-22(11-9-16)18(23)13-2-1-3-15(20)12-13/h4-7,13,15-16,21H,1-3,8-12,20H2. The first kappa shape index (κ1) is 19.3. The van der Waals surface area contributed by atoms with Crippen LogP contribution in [0, 0.1) is 11.7 Å². The van der Waals surface area contributed by atoms with E-state index in [2.05, 4.69) is 4.72 Å². The van der Waals surface area contributed by atoms with E-state index in [9.17, 15) is 17.6 Å². The Kier molecular flexibility index (Phi) is 5.94. The molecule has 1 aromatic carbocycles. The monoisotopic (exact) mass is 383 g/mol. The highest BCUT2D eigenvalue weighted by Gasteiger charge is 2.32.